The standard InChI is InChI=1S/C15H18BrFIN5/c1-2-22-15(16)9(8-19)5-11(7-14(20)21)23-13-4-3-10(17)6-12(13)18/h3-4,6-8,19,22-23H,2,5H2,1H3,(H3,20,21)/b11-7-,15-9-,19-8?. The van der Waals surface area contributed by atoms with Crippen LogP contribution in [0, 0.1) is 20.2 Å². The topological polar surface area (TPSA) is 97.8 Å². The van der Waals surface area contributed by atoms with E-state index in [4.69, 9.17) is 16.6 Å². The lowest BCUT2D eigenvalue weighted by Crippen LogP contribution is -2.14. The van der Waals surface area contributed by atoms with Gasteiger partial charge in [0, 0.05) is 34.0 Å². The van der Waals surface area contributed by atoms with Gasteiger partial charge in [-0.05, 0) is 69.7 Å². The van der Waals surface area contributed by atoms with E-state index in [2.05, 4.69) is 26.6 Å². The van der Waals surface area contributed by atoms with E-state index in [1.807, 2.05) is 29.5 Å². The highest BCUT2D eigenvalue weighted by Crippen LogP contribution is 2.23. The Morgan fingerprint density at radius 3 is 2.70 bits per heavy atom. The molecular formula is C15H18BrFIN5. The lowest BCUT2D eigenvalue weighted by Gasteiger charge is -2.15. The van der Waals surface area contributed by atoms with E-state index in [9.17, 15) is 4.39 Å². The summed E-state index contributed by atoms with van der Waals surface area (Å²) in [5.41, 5.74) is 7.51. The Morgan fingerprint density at radius 2 is 2.17 bits per heavy atom. The van der Waals surface area contributed by atoms with Crippen LogP contribution in [0.25, 0.3) is 0 Å². The van der Waals surface area contributed by atoms with Crippen molar-refractivity contribution in [1.29, 1.82) is 10.8 Å². The van der Waals surface area contributed by atoms with Gasteiger partial charge in [0.15, 0.2) is 0 Å². The minimum absolute atomic E-state index is 0.103. The number of rotatable bonds is 8. The molecule has 1 aromatic rings. The summed E-state index contributed by atoms with van der Waals surface area (Å²) in [7, 11) is 0. The van der Waals surface area contributed by atoms with Gasteiger partial charge in [-0.3, -0.25) is 5.41 Å². The molecule has 0 aromatic heterocycles. The average Bonchev–Trinajstić information content (AvgIpc) is 2.47. The Labute approximate surface area is 156 Å². The lowest BCUT2D eigenvalue weighted by molar-refractivity contribution is 0.627. The maximum Gasteiger partial charge on any atom is 0.124 e. The van der Waals surface area contributed by atoms with Crippen molar-refractivity contribution in [1.82, 2.24) is 5.32 Å². The van der Waals surface area contributed by atoms with Gasteiger partial charge in [0.2, 0.25) is 0 Å². The van der Waals surface area contributed by atoms with Gasteiger partial charge in [-0.25, -0.2) is 4.39 Å². The molecule has 0 heterocycles. The van der Waals surface area contributed by atoms with Crippen molar-refractivity contribution >= 4 is 56.3 Å². The molecule has 8 heteroatoms. The molecule has 0 unspecified atom stereocenters. The van der Waals surface area contributed by atoms with Crippen LogP contribution in [-0.2, 0) is 0 Å². The molecule has 23 heavy (non-hydrogen) atoms. The van der Waals surface area contributed by atoms with Crippen LogP contribution in [0.4, 0.5) is 10.1 Å². The van der Waals surface area contributed by atoms with Crippen molar-refractivity contribution in [3.63, 3.8) is 0 Å². The van der Waals surface area contributed by atoms with Gasteiger partial charge in [-0.15, -0.1) is 0 Å². The number of amidine groups is 1. The van der Waals surface area contributed by atoms with E-state index in [-0.39, 0.29) is 11.7 Å². The quantitative estimate of drug-likeness (QED) is 0.164. The summed E-state index contributed by atoms with van der Waals surface area (Å²) >= 11 is 5.42. The highest BCUT2D eigenvalue weighted by Gasteiger charge is 2.09. The summed E-state index contributed by atoms with van der Waals surface area (Å²) in [4.78, 5) is 0. The van der Waals surface area contributed by atoms with Crippen LogP contribution in [0.1, 0.15) is 13.3 Å². The molecule has 0 aliphatic rings. The van der Waals surface area contributed by atoms with E-state index in [1.54, 1.807) is 6.07 Å². The summed E-state index contributed by atoms with van der Waals surface area (Å²) in [6.45, 7) is 2.67. The molecule has 0 saturated carbocycles. The third kappa shape index (κ3) is 6.69. The predicted molar refractivity (Wildman–Crippen MR) is 106 cm³/mol. The second-order valence-corrected chi connectivity index (χ2v) is 6.52. The number of anilines is 1. The second kappa shape index (κ2) is 9.66. The maximum absolute atomic E-state index is 13.2. The van der Waals surface area contributed by atoms with Crippen LogP contribution in [-0.4, -0.2) is 18.6 Å². The van der Waals surface area contributed by atoms with Crippen molar-refractivity contribution in [2.75, 3.05) is 11.9 Å². The molecule has 0 aliphatic carbocycles. The molecule has 0 bridgehead atoms. The van der Waals surface area contributed by atoms with Gasteiger partial charge in [-0.1, -0.05) is 0 Å². The molecule has 124 valence electrons. The van der Waals surface area contributed by atoms with Gasteiger partial charge in [0.1, 0.15) is 11.7 Å². The zero-order valence-electron chi connectivity index (χ0n) is 12.5. The first-order chi connectivity index (χ1) is 10.9. The van der Waals surface area contributed by atoms with Crippen LogP contribution in [0.3, 0.4) is 0 Å². The third-order valence-corrected chi connectivity index (χ3v) is 4.41. The predicted octanol–water partition coefficient (Wildman–Crippen LogP) is 3.92. The zero-order chi connectivity index (χ0) is 17.4. The molecule has 6 N–H and O–H groups in total. The first-order valence-electron chi connectivity index (χ1n) is 6.77. The lowest BCUT2D eigenvalue weighted by atomic mass is 10.1. The van der Waals surface area contributed by atoms with Crippen LogP contribution < -0.4 is 16.4 Å². The number of nitrogens with two attached hydrogens (primary N) is 1. The molecule has 0 fully saturated rings. The number of benzene rings is 1. The van der Waals surface area contributed by atoms with E-state index >= 15 is 0 Å². The van der Waals surface area contributed by atoms with E-state index < -0.39 is 0 Å². The molecule has 0 atom stereocenters. The molecule has 5 nitrogen and oxygen atoms in total. The normalized spacial score (nSPS) is 12.4. The Kier molecular flexibility index (Phi) is 8.24. The van der Waals surface area contributed by atoms with Crippen molar-refractivity contribution < 1.29 is 4.39 Å². The Balaban J connectivity index is 3.08. The number of hydrogen-bond donors (Lipinski definition) is 5. The summed E-state index contributed by atoms with van der Waals surface area (Å²) in [5, 5.41) is 21.3. The van der Waals surface area contributed by atoms with Crippen LogP contribution in [0.5, 0.6) is 0 Å². The minimum Gasteiger partial charge on any atom is -0.384 e. The monoisotopic (exact) mass is 493 g/mol. The van der Waals surface area contributed by atoms with Gasteiger partial charge in [-0.2, -0.15) is 0 Å². The second-order valence-electron chi connectivity index (χ2n) is 4.56. The molecule has 0 radical (unpaired) electrons. The van der Waals surface area contributed by atoms with Gasteiger partial charge in [0.05, 0.1) is 10.3 Å². The zero-order valence-corrected chi connectivity index (χ0v) is 16.3. The highest BCUT2D eigenvalue weighted by molar-refractivity contribution is 14.1. The summed E-state index contributed by atoms with van der Waals surface area (Å²) < 4.78 is 14.6. The first-order valence-corrected chi connectivity index (χ1v) is 8.64. The largest absolute Gasteiger partial charge is 0.384 e. The molecule has 0 spiro atoms. The summed E-state index contributed by atoms with van der Waals surface area (Å²) in [6.07, 6.45) is 3.08. The van der Waals surface area contributed by atoms with Crippen LogP contribution in [0.2, 0.25) is 0 Å². The fourth-order valence-corrected chi connectivity index (χ4v) is 2.90. The fraction of sp³-hybridized carbons (Fsp3) is 0.200. The van der Waals surface area contributed by atoms with Crippen molar-refractivity contribution in [3.8, 4) is 0 Å². The van der Waals surface area contributed by atoms with E-state index in [0.717, 1.165) is 0 Å². The molecule has 1 aromatic carbocycles. The summed E-state index contributed by atoms with van der Waals surface area (Å²) in [5.74, 6) is -0.416. The number of nitrogens with one attached hydrogen (secondary N) is 4. The van der Waals surface area contributed by atoms with Crippen LogP contribution >= 0.6 is 38.5 Å². The number of halogens is 3. The van der Waals surface area contributed by atoms with Gasteiger partial charge >= 0.3 is 0 Å². The SMILES string of the molecule is CCN/C(Br)=C(\C=N)C/C(=C/C(=N)N)Nc1ccc(F)cc1I. The smallest absolute Gasteiger partial charge is 0.124 e. The fourth-order valence-electron chi connectivity index (χ4n) is 1.75. The molecule has 1 rings (SSSR count). The molecule has 0 amide bonds. The Bertz CT molecular complexity index is 657. The highest BCUT2D eigenvalue weighted by atomic mass is 127. The first kappa shape index (κ1) is 19.6. The van der Waals surface area contributed by atoms with Crippen LogP contribution in [0.15, 0.2) is 40.2 Å². The minimum atomic E-state index is -0.313. The average molecular weight is 494 g/mol. The maximum atomic E-state index is 13.2. The van der Waals surface area contributed by atoms with E-state index in [0.29, 0.717) is 38.1 Å². The molecule has 0 aliphatic heterocycles. The van der Waals surface area contributed by atoms with Crippen molar-refractivity contribution in [3.05, 3.63) is 49.5 Å². The van der Waals surface area contributed by atoms with E-state index in [1.165, 1.54) is 24.4 Å². The third-order valence-electron chi connectivity index (χ3n) is 2.73. The molecule has 0 saturated heterocycles. The van der Waals surface area contributed by atoms with Gasteiger partial charge < -0.3 is 21.8 Å². The van der Waals surface area contributed by atoms with Gasteiger partial charge in [0.25, 0.3) is 0 Å². The number of hydrogen-bond acceptors (Lipinski definition) is 4. The van der Waals surface area contributed by atoms with Crippen molar-refractivity contribution in [2.24, 2.45) is 5.73 Å². The molecular weight excluding hydrogens is 476 g/mol. The Hall–Kier alpha value is -1.42. The Morgan fingerprint density at radius 1 is 1.48 bits per heavy atom. The summed E-state index contributed by atoms with van der Waals surface area (Å²) in [6, 6.07) is 4.40. The van der Waals surface area contributed by atoms with Crippen molar-refractivity contribution in [2.45, 2.75) is 13.3 Å². The number of allylic oxidation sites excluding steroid dienone is 1.